The standard InChI is InChI=1S/C20H19BrN4O4/c1-23-17-16(18(27)24(2)20(23)28)25(19(21)22-17)10-14(26)11-29-15-8-7-12-5-3-4-6-13(12)9-15/h3-9,14,26H,10-11H2,1-2H3/t14-/m0/s1. The van der Waals surface area contributed by atoms with Crippen molar-refractivity contribution in [1.29, 1.82) is 0 Å². The SMILES string of the molecule is Cn1c(=O)c2c(nc(Br)n2C[C@H](O)COc2ccc3ccccc3c2)n(C)c1=O. The largest absolute Gasteiger partial charge is 0.491 e. The van der Waals surface area contributed by atoms with Gasteiger partial charge in [-0.25, -0.2) is 9.78 Å². The van der Waals surface area contributed by atoms with E-state index in [9.17, 15) is 14.7 Å². The number of hydrogen-bond acceptors (Lipinski definition) is 5. The molecule has 2 aromatic carbocycles. The Labute approximate surface area is 173 Å². The first-order chi connectivity index (χ1) is 13.9. The lowest BCUT2D eigenvalue weighted by atomic mass is 10.1. The molecule has 0 bridgehead atoms. The maximum Gasteiger partial charge on any atom is 0.332 e. The van der Waals surface area contributed by atoms with Crippen LogP contribution in [0.2, 0.25) is 0 Å². The molecular weight excluding hydrogens is 440 g/mol. The number of aliphatic hydroxyl groups is 1. The molecule has 0 unspecified atom stereocenters. The van der Waals surface area contributed by atoms with Crippen molar-refractivity contribution in [2.24, 2.45) is 14.1 Å². The van der Waals surface area contributed by atoms with Crippen LogP contribution in [-0.4, -0.2) is 36.5 Å². The summed E-state index contributed by atoms with van der Waals surface area (Å²) in [7, 11) is 2.96. The fourth-order valence-electron chi connectivity index (χ4n) is 3.30. The minimum atomic E-state index is -0.892. The molecule has 1 atom stereocenters. The molecule has 150 valence electrons. The predicted molar refractivity (Wildman–Crippen MR) is 113 cm³/mol. The quantitative estimate of drug-likeness (QED) is 0.460. The maximum atomic E-state index is 12.6. The van der Waals surface area contributed by atoms with Crippen molar-refractivity contribution < 1.29 is 9.84 Å². The molecule has 0 fully saturated rings. The van der Waals surface area contributed by atoms with Crippen LogP contribution >= 0.6 is 15.9 Å². The van der Waals surface area contributed by atoms with Gasteiger partial charge in [0.15, 0.2) is 15.9 Å². The van der Waals surface area contributed by atoms with Crippen LogP contribution in [0, 0.1) is 0 Å². The number of benzene rings is 2. The smallest absolute Gasteiger partial charge is 0.332 e. The summed E-state index contributed by atoms with van der Waals surface area (Å²) in [4.78, 5) is 28.9. The van der Waals surface area contributed by atoms with Crippen molar-refractivity contribution in [3.8, 4) is 5.75 Å². The van der Waals surface area contributed by atoms with Gasteiger partial charge in [-0.1, -0.05) is 30.3 Å². The number of aliphatic hydroxyl groups excluding tert-OH is 1. The Balaban J connectivity index is 1.57. The van der Waals surface area contributed by atoms with E-state index in [1.807, 2.05) is 42.5 Å². The third-order valence-corrected chi connectivity index (χ3v) is 5.46. The van der Waals surface area contributed by atoms with Gasteiger partial charge in [0, 0.05) is 14.1 Å². The van der Waals surface area contributed by atoms with Crippen molar-refractivity contribution in [3.05, 3.63) is 68.0 Å². The van der Waals surface area contributed by atoms with Gasteiger partial charge in [-0.05, 0) is 38.8 Å². The number of aromatic nitrogens is 4. The second-order valence-corrected chi connectivity index (χ2v) is 7.55. The van der Waals surface area contributed by atoms with Crippen LogP contribution in [0.25, 0.3) is 21.9 Å². The van der Waals surface area contributed by atoms with Crippen LogP contribution in [0.3, 0.4) is 0 Å². The summed E-state index contributed by atoms with van der Waals surface area (Å²) in [6.07, 6.45) is -0.892. The molecule has 0 aliphatic rings. The molecule has 0 aliphatic carbocycles. The highest BCUT2D eigenvalue weighted by Crippen LogP contribution is 2.21. The molecule has 8 nitrogen and oxygen atoms in total. The molecule has 0 radical (unpaired) electrons. The van der Waals surface area contributed by atoms with Crippen molar-refractivity contribution in [1.82, 2.24) is 18.7 Å². The Hall–Kier alpha value is -2.91. The summed E-state index contributed by atoms with van der Waals surface area (Å²) in [5, 5.41) is 12.6. The van der Waals surface area contributed by atoms with Gasteiger partial charge in [0.25, 0.3) is 5.56 Å². The highest BCUT2D eigenvalue weighted by Gasteiger charge is 2.20. The van der Waals surface area contributed by atoms with Crippen LogP contribution < -0.4 is 16.0 Å². The topological polar surface area (TPSA) is 91.3 Å². The van der Waals surface area contributed by atoms with Crippen LogP contribution in [0.15, 0.2) is 56.8 Å². The van der Waals surface area contributed by atoms with E-state index in [1.54, 1.807) is 11.6 Å². The molecule has 0 saturated heterocycles. The average molecular weight is 459 g/mol. The minimum absolute atomic E-state index is 0.0382. The molecule has 9 heteroatoms. The third kappa shape index (κ3) is 3.47. The van der Waals surface area contributed by atoms with Crippen LogP contribution in [-0.2, 0) is 20.6 Å². The lowest BCUT2D eigenvalue weighted by Gasteiger charge is -2.15. The Morgan fingerprint density at radius 2 is 1.83 bits per heavy atom. The van der Waals surface area contributed by atoms with Gasteiger partial charge >= 0.3 is 5.69 Å². The molecular formula is C20H19BrN4O4. The fourth-order valence-corrected chi connectivity index (χ4v) is 3.79. The number of nitrogens with zero attached hydrogens (tertiary/aromatic N) is 4. The zero-order chi connectivity index (χ0) is 20.7. The molecule has 4 rings (SSSR count). The first kappa shape index (κ1) is 19.4. The predicted octanol–water partition coefficient (Wildman–Crippen LogP) is 1.79. The first-order valence-corrected chi connectivity index (χ1v) is 9.77. The van der Waals surface area contributed by atoms with E-state index in [0.717, 1.165) is 15.3 Å². The van der Waals surface area contributed by atoms with E-state index in [1.165, 1.54) is 11.6 Å². The summed E-state index contributed by atoms with van der Waals surface area (Å²) < 4.78 is 9.96. The van der Waals surface area contributed by atoms with Crippen molar-refractivity contribution in [2.75, 3.05) is 6.61 Å². The van der Waals surface area contributed by atoms with Gasteiger partial charge in [-0.2, -0.15) is 0 Å². The Morgan fingerprint density at radius 3 is 2.59 bits per heavy atom. The van der Waals surface area contributed by atoms with Gasteiger partial charge in [0.2, 0.25) is 0 Å². The van der Waals surface area contributed by atoms with E-state index < -0.39 is 17.4 Å². The molecule has 2 heterocycles. The summed E-state index contributed by atoms with van der Waals surface area (Å²) in [6, 6.07) is 13.7. The van der Waals surface area contributed by atoms with Crippen molar-refractivity contribution in [3.63, 3.8) is 0 Å². The third-order valence-electron chi connectivity index (χ3n) is 4.86. The number of ether oxygens (including phenoxy) is 1. The second-order valence-electron chi connectivity index (χ2n) is 6.84. The van der Waals surface area contributed by atoms with Gasteiger partial charge in [-0.3, -0.25) is 13.9 Å². The highest BCUT2D eigenvalue weighted by atomic mass is 79.9. The van der Waals surface area contributed by atoms with E-state index in [-0.39, 0.29) is 24.3 Å². The monoisotopic (exact) mass is 458 g/mol. The van der Waals surface area contributed by atoms with E-state index in [0.29, 0.717) is 10.5 Å². The molecule has 0 saturated carbocycles. The Bertz CT molecular complexity index is 1340. The summed E-state index contributed by atoms with van der Waals surface area (Å²) in [5.74, 6) is 0.649. The molecule has 1 N–H and O–H groups in total. The normalized spacial score (nSPS) is 12.6. The lowest BCUT2D eigenvalue weighted by molar-refractivity contribution is 0.0929. The first-order valence-electron chi connectivity index (χ1n) is 8.98. The zero-order valence-corrected chi connectivity index (χ0v) is 17.5. The number of fused-ring (bicyclic) bond motifs is 2. The molecule has 4 aromatic rings. The number of halogens is 1. The zero-order valence-electron chi connectivity index (χ0n) is 15.9. The van der Waals surface area contributed by atoms with Gasteiger partial charge < -0.3 is 14.4 Å². The van der Waals surface area contributed by atoms with Crippen LogP contribution in [0.1, 0.15) is 0 Å². The van der Waals surface area contributed by atoms with Crippen molar-refractivity contribution in [2.45, 2.75) is 12.6 Å². The number of rotatable bonds is 5. The number of imidazole rings is 1. The molecule has 0 spiro atoms. The number of aryl methyl sites for hydroxylation is 1. The summed E-state index contributed by atoms with van der Waals surface area (Å²) >= 11 is 3.32. The van der Waals surface area contributed by atoms with Gasteiger partial charge in [0.05, 0.1) is 6.54 Å². The summed E-state index contributed by atoms with van der Waals surface area (Å²) in [5.41, 5.74) is -0.428. The maximum absolute atomic E-state index is 12.6. The Morgan fingerprint density at radius 1 is 1.10 bits per heavy atom. The molecule has 0 amide bonds. The van der Waals surface area contributed by atoms with E-state index in [4.69, 9.17) is 4.74 Å². The molecule has 0 aliphatic heterocycles. The van der Waals surface area contributed by atoms with Crippen LogP contribution in [0.5, 0.6) is 5.75 Å². The Kier molecular flexibility index (Phi) is 5.01. The summed E-state index contributed by atoms with van der Waals surface area (Å²) in [6.45, 7) is 0.120. The lowest BCUT2D eigenvalue weighted by Crippen LogP contribution is -2.38. The second kappa shape index (κ2) is 7.49. The van der Waals surface area contributed by atoms with E-state index in [2.05, 4.69) is 20.9 Å². The highest BCUT2D eigenvalue weighted by molar-refractivity contribution is 9.10. The number of hydrogen-bond donors (Lipinski definition) is 1. The van der Waals surface area contributed by atoms with Crippen molar-refractivity contribution >= 4 is 37.9 Å². The fraction of sp³-hybridized carbons (Fsp3) is 0.250. The molecule has 29 heavy (non-hydrogen) atoms. The van der Waals surface area contributed by atoms with Gasteiger partial charge in [-0.15, -0.1) is 0 Å². The van der Waals surface area contributed by atoms with E-state index >= 15 is 0 Å². The van der Waals surface area contributed by atoms with Crippen LogP contribution in [0.4, 0.5) is 0 Å². The average Bonchev–Trinajstić information content (AvgIpc) is 3.05. The van der Waals surface area contributed by atoms with Gasteiger partial charge in [0.1, 0.15) is 18.5 Å². The molecule has 2 aromatic heterocycles. The minimum Gasteiger partial charge on any atom is -0.491 e.